The number of halogens is 2. The van der Waals surface area contributed by atoms with Crippen molar-refractivity contribution in [1.29, 1.82) is 0 Å². The lowest BCUT2D eigenvalue weighted by atomic mass is 9.92. The van der Waals surface area contributed by atoms with E-state index in [1.54, 1.807) is 12.3 Å². The molecule has 2 atom stereocenters. The average Bonchev–Trinajstić information content (AvgIpc) is 3.37. The Morgan fingerprint density at radius 3 is 2.77 bits per heavy atom. The molecule has 0 bridgehead atoms. The van der Waals surface area contributed by atoms with Crippen molar-refractivity contribution in [1.82, 2.24) is 28.9 Å². The minimum atomic E-state index is -3.25. The van der Waals surface area contributed by atoms with Crippen molar-refractivity contribution in [2.45, 2.75) is 25.3 Å². The molecule has 2 fully saturated rings. The first-order valence-corrected chi connectivity index (χ1v) is 11.8. The zero-order valence-corrected chi connectivity index (χ0v) is 17.6. The van der Waals surface area contributed by atoms with E-state index >= 15 is 0 Å². The fourth-order valence-corrected chi connectivity index (χ4v) is 5.41. The van der Waals surface area contributed by atoms with Crippen LogP contribution in [0.15, 0.2) is 30.7 Å². The molecule has 0 radical (unpaired) electrons. The third kappa shape index (κ3) is 3.63. The van der Waals surface area contributed by atoms with Gasteiger partial charge in [-0.1, -0.05) is 0 Å². The number of hydrogen-bond acceptors (Lipinski definition) is 7. The third-order valence-corrected chi connectivity index (χ3v) is 7.27. The highest BCUT2D eigenvalue weighted by Gasteiger charge is 2.42. The smallest absolute Gasteiger partial charge is 0.282 e. The molecule has 0 saturated carbocycles. The second-order valence-electron chi connectivity index (χ2n) is 7.98. The van der Waals surface area contributed by atoms with Crippen molar-refractivity contribution in [3.05, 3.63) is 36.4 Å². The summed E-state index contributed by atoms with van der Waals surface area (Å²) in [6, 6.07) is 4.57. The van der Waals surface area contributed by atoms with E-state index in [2.05, 4.69) is 25.0 Å². The number of alkyl halides is 2. The minimum Gasteiger partial charge on any atom is -0.352 e. The van der Waals surface area contributed by atoms with Crippen LogP contribution in [0.25, 0.3) is 17.0 Å². The zero-order chi connectivity index (χ0) is 21.8. The molecule has 3 aromatic rings. The summed E-state index contributed by atoms with van der Waals surface area (Å²) >= 11 is 0. The molecular formula is C19H21F2N7O2S. The Bertz CT molecular complexity index is 1230. The van der Waals surface area contributed by atoms with Crippen molar-refractivity contribution in [3.8, 4) is 11.4 Å². The molecule has 0 N–H and O–H groups in total. The normalized spacial score (nSPS) is 22.4. The van der Waals surface area contributed by atoms with Gasteiger partial charge in [-0.3, -0.25) is 0 Å². The molecule has 3 aromatic heterocycles. The Hall–Kier alpha value is -2.73. The second kappa shape index (κ2) is 7.45. The Balaban J connectivity index is 1.50. The molecule has 0 amide bonds. The summed E-state index contributed by atoms with van der Waals surface area (Å²) < 4.78 is 53.2. The molecule has 164 valence electrons. The average molecular weight is 449 g/mol. The third-order valence-electron chi connectivity index (χ3n) is 6.03. The molecule has 2 aliphatic rings. The highest BCUT2D eigenvalue weighted by Crippen LogP contribution is 2.35. The van der Waals surface area contributed by atoms with Gasteiger partial charge in [0.25, 0.3) is 6.43 Å². The van der Waals surface area contributed by atoms with Gasteiger partial charge in [0.15, 0.2) is 5.65 Å². The van der Waals surface area contributed by atoms with E-state index in [-0.39, 0.29) is 17.7 Å². The van der Waals surface area contributed by atoms with Crippen LogP contribution in [-0.4, -0.2) is 69.2 Å². The molecule has 0 aromatic carbocycles. The van der Waals surface area contributed by atoms with E-state index < -0.39 is 16.4 Å². The number of nitrogens with zero attached hydrogens (tertiary/aromatic N) is 7. The van der Waals surface area contributed by atoms with Gasteiger partial charge in [-0.25, -0.2) is 36.7 Å². The van der Waals surface area contributed by atoms with Crippen molar-refractivity contribution in [2.75, 3.05) is 30.8 Å². The molecular weight excluding hydrogens is 428 g/mol. The van der Waals surface area contributed by atoms with Gasteiger partial charge in [-0.05, 0) is 30.9 Å². The van der Waals surface area contributed by atoms with Crippen molar-refractivity contribution >= 4 is 21.5 Å². The number of anilines is 1. The largest absolute Gasteiger partial charge is 0.352 e. The predicted octanol–water partition coefficient (Wildman–Crippen LogP) is 1.98. The molecule has 2 saturated heterocycles. The number of piperidine rings is 1. The topological polar surface area (TPSA) is 96.6 Å². The maximum absolute atomic E-state index is 13.1. The second-order valence-corrected chi connectivity index (χ2v) is 9.96. The van der Waals surface area contributed by atoms with Crippen molar-refractivity contribution in [2.24, 2.45) is 5.92 Å². The summed E-state index contributed by atoms with van der Waals surface area (Å²) in [5, 5.41) is 4.00. The van der Waals surface area contributed by atoms with Gasteiger partial charge >= 0.3 is 0 Å². The number of imidazole rings is 1. The maximum atomic E-state index is 13.1. The molecule has 2 unspecified atom stereocenters. The number of aromatic nitrogens is 5. The van der Waals surface area contributed by atoms with Gasteiger partial charge in [0.1, 0.15) is 23.5 Å². The van der Waals surface area contributed by atoms with Crippen molar-refractivity contribution < 1.29 is 17.2 Å². The lowest BCUT2D eigenvalue weighted by Gasteiger charge is -2.37. The summed E-state index contributed by atoms with van der Waals surface area (Å²) in [6.07, 6.45) is 3.43. The van der Waals surface area contributed by atoms with Crippen LogP contribution in [0.3, 0.4) is 0 Å². The summed E-state index contributed by atoms with van der Waals surface area (Å²) in [6.45, 7) is 1.71. The maximum Gasteiger partial charge on any atom is 0.282 e. The first kappa shape index (κ1) is 20.2. The van der Waals surface area contributed by atoms with Crippen LogP contribution in [0, 0.1) is 5.92 Å². The molecule has 31 heavy (non-hydrogen) atoms. The minimum absolute atomic E-state index is 0.0389. The Morgan fingerprint density at radius 2 is 2.00 bits per heavy atom. The molecule has 9 nitrogen and oxygen atoms in total. The van der Waals surface area contributed by atoms with E-state index in [0.29, 0.717) is 35.9 Å². The molecule has 5 heterocycles. The zero-order valence-electron chi connectivity index (χ0n) is 16.8. The lowest BCUT2D eigenvalue weighted by Crippen LogP contribution is -2.45. The van der Waals surface area contributed by atoms with Gasteiger partial charge in [-0.15, -0.1) is 0 Å². The van der Waals surface area contributed by atoms with Crippen molar-refractivity contribution in [3.63, 3.8) is 0 Å². The predicted molar refractivity (Wildman–Crippen MR) is 109 cm³/mol. The highest BCUT2D eigenvalue weighted by molar-refractivity contribution is 7.88. The molecule has 5 rings (SSSR count). The summed E-state index contributed by atoms with van der Waals surface area (Å²) in [5.74, 6) is 0.919. The molecule has 12 heteroatoms. The van der Waals surface area contributed by atoms with Gasteiger partial charge in [0.2, 0.25) is 10.0 Å². The quantitative estimate of drug-likeness (QED) is 0.601. The van der Waals surface area contributed by atoms with Crippen LogP contribution in [0.4, 0.5) is 14.6 Å². The van der Waals surface area contributed by atoms with Crippen LogP contribution in [0.1, 0.15) is 25.0 Å². The fourth-order valence-electron chi connectivity index (χ4n) is 4.52. The van der Waals surface area contributed by atoms with Gasteiger partial charge < -0.3 is 4.90 Å². The number of sulfonamides is 1. The Morgan fingerprint density at radius 1 is 1.16 bits per heavy atom. The molecule has 2 aliphatic heterocycles. The van der Waals surface area contributed by atoms with Crippen LogP contribution in [-0.2, 0) is 10.0 Å². The van der Waals surface area contributed by atoms with E-state index in [0.717, 1.165) is 19.4 Å². The van der Waals surface area contributed by atoms with E-state index in [1.165, 1.54) is 33.5 Å². The summed E-state index contributed by atoms with van der Waals surface area (Å²) in [7, 11) is -3.25. The lowest BCUT2D eigenvalue weighted by molar-refractivity contribution is 0.144. The molecule has 0 aliphatic carbocycles. The highest BCUT2D eigenvalue weighted by atomic mass is 32.2. The van der Waals surface area contributed by atoms with E-state index in [1.807, 2.05) is 0 Å². The van der Waals surface area contributed by atoms with Crippen LogP contribution in [0.5, 0.6) is 0 Å². The van der Waals surface area contributed by atoms with Crippen LogP contribution >= 0.6 is 0 Å². The standard InChI is InChI=1S/C19H21F2N7O2S/c1-31(29,30)26-9-12-3-2-6-27(16(12)10-26)18-7-14(23-11-24-18)15-8-22-17-5-4-13(19(20)21)25-28(15)17/h4-5,7-8,11-12,16,19H,2-3,6,9-10H2,1H3. The van der Waals surface area contributed by atoms with Gasteiger partial charge in [0.05, 0.1) is 18.1 Å². The first-order chi connectivity index (χ1) is 14.8. The van der Waals surface area contributed by atoms with Gasteiger partial charge in [0, 0.05) is 31.7 Å². The fraction of sp³-hybridized carbons (Fsp3) is 0.474. The van der Waals surface area contributed by atoms with Gasteiger partial charge in [-0.2, -0.15) is 9.40 Å². The Labute approximate surface area is 177 Å². The number of hydrogen-bond donors (Lipinski definition) is 0. The van der Waals surface area contributed by atoms with E-state index in [4.69, 9.17) is 0 Å². The number of rotatable bonds is 4. The van der Waals surface area contributed by atoms with E-state index in [9.17, 15) is 17.2 Å². The van der Waals surface area contributed by atoms with Crippen LogP contribution < -0.4 is 4.90 Å². The molecule has 0 spiro atoms. The van der Waals surface area contributed by atoms with Crippen LogP contribution in [0.2, 0.25) is 0 Å². The SMILES string of the molecule is CS(=O)(=O)N1CC2CCCN(c3cc(-c4cnc5ccc(C(F)F)nn45)ncn3)C2C1. The monoisotopic (exact) mass is 449 g/mol. The summed E-state index contributed by atoms with van der Waals surface area (Å²) in [5.41, 5.74) is 1.10. The first-order valence-electron chi connectivity index (χ1n) is 9.98. The summed E-state index contributed by atoms with van der Waals surface area (Å²) in [4.78, 5) is 15.1. The Kier molecular flexibility index (Phi) is 4.85. The number of fused-ring (bicyclic) bond motifs is 2.